The summed E-state index contributed by atoms with van der Waals surface area (Å²) in [6, 6.07) is 10.8. The Balaban J connectivity index is 2.25. The SMILES string of the molecule is CC(=O)N(CC(=O)Nc1ccc(Cl)cc1C(F)(F)F)c1cccc(C#N)c1. The van der Waals surface area contributed by atoms with Crippen molar-refractivity contribution in [2.45, 2.75) is 13.1 Å². The van der Waals surface area contributed by atoms with Crippen molar-refractivity contribution >= 4 is 34.8 Å². The van der Waals surface area contributed by atoms with Gasteiger partial charge in [0.2, 0.25) is 11.8 Å². The van der Waals surface area contributed by atoms with E-state index in [-0.39, 0.29) is 16.3 Å². The van der Waals surface area contributed by atoms with Crippen molar-refractivity contribution in [3.63, 3.8) is 0 Å². The first-order valence-corrected chi connectivity index (χ1v) is 7.94. The van der Waals surface area contributed by atoms with E-state index in [2.05, 4.69) is 5.32 Å². The van der Waals surface area contributed by atoms with Crippen molar-refractivity contribution in [3.05, 3.63) is 58.6 Å². The number of anilines is 2. The Morgan fingerprint density at radius 2 is 1.93 bits per heavy atom. The van der Waals surface area contributed by atoms with Gasteiger partial charge in [0, 0.05) is 17.6 Å². The van der Waals surface area contributed by atoms with Gasteiger partial charge < -0.3 is 10.2 Å². The molecule has 0 saturated carbocycles. The zero-order valence-corrected chi connectivity index (χ0v) is 14.7. The van der Waals surface area contributed by atoms with Crippen LogP contribution in [0.15, 0.2) is 42.5 Å². The number of benzene rings is 2. The van der Waals surface area contributed by atoms with Gasteiger partial charge in [0.15, 0.2) is 0 Å². The molecule has 0 radical (unpaired) electrons. The lowest BCUT2D eigenvalue weighted by molar-refractivity contribution is -0.137. The maximum Gasteiger partial charge on any atom is 0.418 e. The fourth-order valence-corrected chi connectivity index (χ4v) is 2.49. The second-order valence-corrected chi connectivity index (χ2v) is 5.94. The molecule has 140 valence electrons. The van der Waals surface area contributed by atoms with Gasteiger partial charge in [0.25, 0.3) is 0 Å². The predicted octanol–water partition coefficient (Wildman–Crippen LogP) is 4.22. The molecule has 0 unspecified atom stereocenters. The van der Waals surface area contributed by atoms with Gasteiger partial charge in [0.1, 0.15) is 6.54 Å². The van der Waals surface area contributed by atoms with E-state index in [0.29, 0.717) is 6.07 Å². The zero-order valence-electron chi connectivity index (χ0n) is 14.0. The minimum atomic E-state index is -4.71. The van der Waals surface area contributed by atoms with Crippen molar-refractivity contribution in [2.75, 3.05) is 16.8 Å². The number of halogens is 4. The molecule has 0 bridgehead atoms. The molecule has 2 rings (SSSR count). The topological polar surface area (TPSA) is 73.2 Å². The summed E-state index contributed by atoms with van der Waals surface area (Å²) in [5.41, 5.74) is -1.00. The number of nitrogens with one attached hydrogen (secondary N) is 1. The fraction of sp³-hybridized carbons (Fsp3) is 0.167. The van der Waals surface area contributed by atoms with Gasteiger partial charge in [-0.1, -0.05) is 17.7 Å². The molecule has 0 heterocycles. The van der Waals surface area contributed by atoms with E-state index in [4.69, 9.17) is 16.9 Å². The number of hydrogen-bond acceptors (Lipinski definition) is 3. The van der Waals surface area contributed by atoms with Crippen molar-refractivity contribution in [2.24, 2.45) is 0 Å². The largest absolute Gasteiger partial charge is 0.418 e. The predicted molar refractivity (Wildman–Crippen MR) is 94.3 cm³/mol. The second-order valence-electron chi connectivity index (χ2n) is 5.50. The van der Waals surface area contributed by atoms with Gasteiger partial charge in [-0.05, 0) is 36.4 Å². The average Bonchev–Trinajstić information content (AvgIpc) is 2.60. The Morgan fingerprint density at radius 3 is 2.52 bits per heavy atom. The molecule has 0 aromatic heterocycles. The molecule has 2 amide bonds. The van der Waals surface area contributed by atoms with Crippen LogP contribution in [0.2, 0.25) is 5.02 Å². The third kappa shape index (κ3) is 5.21. The fourth-order valence-electron chi connectivity index (χ4n) is 2.32. The summed E-state index contributed by atoms with van der Waals surface area (Å²) in [4.78, 5) is 25.2. The van der Waals surface area contributed by atoms with E-state index in [9.17, 15) is 22.8 Å². The van der Waals surface area contributed by atoms with Crippen molar-refractivity contribution in [1.29, 1.82) is 5.26 Å². The van der Waals surface area contributed by atoms with Crippen LogP contribution < -0.4 is 10.2 Å². The summed E-state index contributed by atoms with van der Waals surface area (Å²) in [5.74, 6) is -1.34. The van der Waals surface area contributed by atoms with Crippen LogP contribution in [0.5, 0.6) is 0 Å². The summed E-state index contributed by atoms with van der Waals surface area (Å²) < 4.78 is 39.3. The van der Waals surface area contributed by atoms with Gasteiger partial charge >= 0.3 is 6.18 Å². The van der Waals surface area contributed by atoms with Crippen LogP contribution in [0.25, 0.3) is 0 Å². The van der Waals surface area contributed by atoms with E-state index < -0.39 is 35.8 Å². The van der Waals surface area contributed by atoms with Gasteiger partial charge in [-0.25, -0.2) is 0 Å². The van der Waals surface area contributed by atoms with E-state index in [1.165, 1.54) is 37.3 Å². The lowest BCUT2D eigenvalue weighted by Gasteiger charge is -2.21. The van der Waals surface area contributed by atoms with Crippen molar-refractivity contribution < 1.29 is 22.8 Å². The molecule has 0 atom stereocenters. The number of nitrogens with zero attached hydrogens (tertiary/aromatic N) is 2. The third-order valence-corrected chi connectivity index (χ3v) is 3.76. The first kappa shape index (κ1) is 20.3. The second kappa shape index (κ2) is 8.10. The molecule has 0 aliphatic rings. The maximum atomic E-state index is 13.1. The van der Waals surface area contributed by atoms with Crippen LogP contribution in [-0.2, 0) is 15.8 Å². The minimum absolute atomic E-state index is 0.126. The van der Waals surface area contributed by atoms with Crippen LogP contribution in [-0.4, -0.2) is 18.4 Å². The maximum absolute atomic E-state index is 13.1. The quantitative estimate of drug-likeness (QED) is 0.842. The first-order chi connectivity index (χ1) is 12.6. The Bertz CT molecular complexity index is 923. The smallest absolute Gasteiger partial charge is 0.324 e. The standard InChI is InChI=1S/C18H13ClF3N3O2/c1-11(26)25(14-4-2-3-12(7-14)9-23)10-17(27)24-16-6-5-13(19)8-15(16)18(20,21)22/h2-8H,10H2,1H3,(H,24,27). The number of amides is 2. The summed E-state index contributed by atoms with van der Waals surface area (Å²) >= 11 is 5.60. The van der Waals surface area contributed by atoms with Crippen molar-refractivity contribution in [3.8, 4) is 6.07 Å². The molecule has 5 nitrogen and oxygen atoms in total. The van der Waals surface area contributed by atoms with Crippen LogP contribution in [0.3, 0.4) is 0 Å². The third-order valence-electron chi connectivity index (χ3n) is 3.53. The van der Waals surface area contributed by atoms with Crippen LogP contribution in [0, 0.1) is 11.3 Å². The molecule has 0 saturated heterocycles. The monoisotopic (exact) mass is 395 g/mol. The highest BCUT2D eigenvalue weighted by molar-refractivity contribution is 6.30. The Kier molecular flexibility index (Phi) is 6.08. The average molecular weight is 396 g/mol. The summed E-state index contributed by atoms with van der Waals surface area (Å²) in [7, 11) is 0. The molecule has 1 N–H and O–H groups in total. The molecule has 0 spiro atoms. The van der Waals surface area contributed by atoms with E-state index in [0.717, 1.165) is 11.0 Å². The normalized spacial score (nSPS) is 10.8. The zero-order chi connectivity index (χ0) is 20.2. The van der Waals surface area contributed by atoms with E-state index in [1.807, 2.05) is 6.07 Å². The Hall–Kier alpha value is -3.05. The van der Waals surface area contributed by atoms with Gasteiger partial charge in [-0.15, -0.1) is 0 Å². The molecule has 9 heteroatoms. The molecule has 0 fully saturated rings. The number of alkyl halides is 3. The lowest BCUT2D eigenvalue weighted by Crippen LogP contribution is -2.37. The highest BCUT2D eigenvalue weighted by atomic mass is 35.5. The minimum Gasteiger partial charge on any atom is -0.324 e. The summed E-state index contributed by atoms with van der Waals surface area (Å²) in [6.45, 7) is 0.680. The first-order valence-electron chi connectivity index (χ1n) is 7.56. The van der Waals surface area contributed by atoms with Gasteiger partial charge in [-0.2, -0.15) is 18.4 Å². The van der Waals surface area contributed by atoms with Crippen LogP contribution in [0.4, 0.5) is 24.5 Å². The highest BCUT2D eigenvalue weighted by Crippen LogP contribution is 2.36. The summed E-state index contributed by atoms with van der Waals surface area (Å²) in [6.07, 6.45) is -4.71. The number of carbonyl (C=O) groups excluding carboxylic acids is 2. The summed E-state index contributed by atoms with van der Waals surface area (Å²) in [5, 5.41) is 11.0. The molecule has 2 aromatic carbocycles. The molecule has 2 aromatic rings. The molecule has 0 aliphatic heterocycles. The Morgan fingerprint density at radius 1 is 1.22 bits per heavy atom. The lowest BCUT2D eigenvalue weighted by atomic mass is 10.1. The van der Waals surface area contributed by atoms with Gasteiger partial charge in [0.05, 0.1) is 22.9 Å². The number of carbonyl (C=O) groups is 2. The number of nitriles is 1. The number of hydrogen-bond donors (Lipinski definition) is 1. The number of rotatable bonds is 4. The highest BCUT2D eigenvalue weighted by Gasteiger charge is 2.34. The van der Waals surface area contributed by atoms with Gasteiger partial charge in [-0.3, -0.25) is 9.59 Å². The van der Waals surface area contributed by atoms with E-state index >= 15 is 0 Å². The molecular formula is C18H13ClF3N3O2. The van der Waals surface area contributed by atoms with Crippen LogP contribution in [0.1, 0.15) is 18.1 Å². The van der Waals surface area contributed by atoms with Crippen LogP contribution >= 0.6 is 11.6 Å². The molecule has 0 aliphatic carbocycles. The molecular weight excluding hydrogens is 383 g/mol. The molecule has 27 heavy (non-hydrogen) atoms. The van der Waals surface area contributed by atoms with E-state index in [1.54, 1.807) is 0 Å². The Labute approximate surface area is 158 Å². The van der Waals surface area contributed by atoms with Crippen molar-refractivity contribution in [1.82, 2.24) is 0 Å².